The molecule has 0 fully saturated rings. The molecule has 0 aliphatic carbocycles. The quantitative estimate of drug-likeness (QED) is 0.536. The molecule has 2 aromatic rings. The molecule has 0 bridgehead atoms. The van der Waals surface area contributed by atoms with Crippen molar-refractivity contribution in [3.8, 4) is 11.1 Å². The Bertz CT molecular complexity index is 552. The molecule has 22 heavy (non-hydrogen) atoms. The summed E-state index contributed by atoms with van der Waals surface area (Å²) in [6, 6.07) is 14.1. The fourth-order valence-electron chi connectivity index (χ4n) is 3.11. The molecule has 0 heterocycles. The van der Waals surface area contributed by atoms with E-state index in [0.717, 1.165) is 0 Å². The lowest BCUT2D eigenvalue weighted by molar-refractivity contribution is 0.794. The van der Waals surface area contributed by atoms with E-state index in [-0.39, 0.29) is 0 Å². The van der Waals surface area contributed by atoms with Gasteiger partial charge >= 0.3 is 0 Å². The number of aryl methyl sites for hydroxylation is 4. The third-order valence-corrected chi connectivity index (χ3v) is 4.25. The molecule has 118 valence electrons. The Morgan fingerprint density at radius 1 is 0.591 bits per heavy atom. The molecule has 0 saturated heterocycles. The van der Waals surface area contributed by atoms with E-state index in [1.54, 1.807) is 0 Å². The van der Waals surface area contributed by atoms with Crippen LogP contribution >= 0.6 is 0 Å². The van der Waals surface area contributed by atoms with E-state index >= 15 is 0 Å². The molecule has 0 radical (unpaired) electrons. The first kappa shape index (κ1) is 16.8. The molecule has 2 rings (SSSR count). The second-order valence-electron chi connectivity index (χ2n) is 6.62. The number of rotatable bonds is 7. The molecule has 0 unspecified atom stereocenters. The standard InChI is InChI=1S/C22H30/c1-5-7-9-19-11-17(3)13-21(15-19)22-14-18(4)12-20(16-22)10-8-6-2/h11-16H,5-10H2,1-4H3. The van der Waals surface area contributed by atoms with Gasteiger partial charge in [-0.15, -0.1) is 0 Å². The molecule has 0 atom stereocenters. The molecular weight excluding hydrogens is 264 g/mol. The molecule has 0 amide bonds. The molecule has 0 aliphatic heterocycles. The minimum Gasteiger partial charge on any atom is -0.0654 e. The van der Waals surface area contributed by atoms with Crippen LogP contribution in [0.3, 0.4) is 0 Å². The van der Waals surface area contributed by atoms with Crippen LogP contribution < -0.4 is 0 Å². The third kappa shape index (κ3) is 4.73. The maximum atomic E-state index is 2.39. The van der Waals surface area contributed by atoms with E-state index in [4.69, 9.17) is 0 Å². The van der Waals surface area contributed by atoms with Crippen LogP contribution in [0.15, 0.2) is 36.4 Å². The Morgan fingerprint density at radius 2 is 1.00 bits per heavy atom. The van der Waals surface area contributed by atoms with Gasteiger partial charge in [-0.3, -0.25) is 0 Å². The third-order valence-electron chi connectivity index (χ3n) is 4.25. The number of unbranched alkanes of at least 4 members (excludes halogenated alkanes) is 2. The average Bonchev–Trinajstić information content (AvgIpc) is 2.50. The van der Waals surface area contributed by atoms with Crippen molar-refractivity contribution < 1.29 is 0 Å². The van der Waals surface area contributed by atoms with Gasteiger partial charge in [0.2, 0.25) is 0 Å². The van der Waals surface area contributed by atoms with Gasteiger partial charge in [-0.2, -0.15) is 0 Å². The summed E-state index contributed by atoms with van der Waals surface area (Å²) in [7, 11) is 0. The van der Waals surface area contributed by atoms with Crippen LogP contribution in [0.2, 0.25) is 0 Å². The van der Waals surface area contributed by atoms with E-state index in [0.29, 0.717) is 0 Å². The molecule has 0 heteroatoms. The summed E-state index contributed by atoms with van der Waals surface area (Å²) in [5, 5.41) is 0. The van der Waals surface area contributed by atoms with Gasteiger partial charge in [-0.1, -0.05) is 74.2 Å². The van der Waals surface area contributed by atoms with Crippen molar-refractivity contribution in [3.63, 3.8) is 0 Å². The van der Waals surface area contributed by atoms with Gasteiger partial charge in [-0.25, -0.2) is 0 Å². The maximum Gasteiger partial charge on any atom is -0.0178 e. The van der Waals surface area contributed by atoms with Crippen LogP contribution in [-0.4, -0.2) is 0 Å². The summed E-state index contributed by atoms with van der Waals surface area (Å²) >= 11 is 0. The van der Waals surface area contributed by atoms with Gasteiger partial charge < -0.3 is 0 Å². The van der Waals surface area contributed by atoms with Gasteiger partial charge in [0.15, 0.2) is 0 Å². The number of hydrogen-bond donors (Lipinski definition) is 0. The Kier molecular flexibility index (Phi) is 6.24. The Hall–Kier alpha value is -1.56. The summed E-state index contributed by atoms with van der Waals surface area (Å²) in [6.45, 7) is 8.95. The zero-order valence-electron chi connectivity index (χ0n) is 14.7. The lowest BCUT2D eigenvalue weighted by atomic mass is 9.94. The summed E-state index contributed by atoms with van der Waals surface area (Å²) in [5.74, 6) is 0. The second-order valence-corrected chi connectivity index (χ2v) is 6.62. The lowest BCUT2D eigenvalue weighted by Gasteiger charge is -2.11. The highest BCUT2D eigenvalue weighted by atomic mass is 14.1. The van der Waals surface area contributed by atoms with Crippen molar-refractivity contribution in [2.45, 2.75) is 66.2 Å². The van der Waals surface area contributed by atoms with E-state index in [1.807, 2.05) is 0 Å². The summed E-state index contributed by atoms with van der Waals surface area (Å²) in [5.41, 5.74) is 8.47. The molecule has 0 aliphatic rings. The van der Waals surface area contributed by atoms with Crippen LogP contribution in [0, 0.1) is 13.8 Å². The summed E-state index contributed by atoms with van der Waals surface area (Å²) in [6.07, 6.45) is 7.46. The van der Waals surface area contributed by atoms with Crippen molar-refractivity contribution in [2.24, 2.45) is 0 Å². The van der Waals surface area contributed by atoms with Gasteiger partial charge in [0.05, 0.1) is 0 Å². The minimum absolute atomic E-state index is 1.19. The van der Waals surface area contributed by atoms with Gasteiger partial charge in [0.25, 0.3) is 0 Å². The van der Waals surface area contributed by atoms with Crippen molar-refractivity contribution >= 4 is 0 Å². The number of benzene rings is 2. The first-order valence-electron chi connectivity index (χ1n) is 8.84. The predicted molar refractivity (Wildman–Crippen MR) is 98.6 cm³/mol. The summed E-state index contributed by atoms with van der Waals surface area (Å²) < 4.78 is 0. The van der Waals surface area contributed by atoms with Gasteiger partial charge in [0, 0.05) is 0 Å². The highest BCUT2D eigenvalue weighted by molar-refractivity contribution is 5.67. The lowest BCUT2D eigenvalue weighted by Crippen LogP contribution is -1.92. The fraction of sp³-hybridized carbons (Fsp3) is 0.455. The monoisotopic (exact) mass is 294 g/mol. The zero-order chi connectivity index (χ0) is 15.9. The topological polar surface area (TPSA) is 0 Å². The maximum absolute atomic E-state index is 2.39. The van der Waals surface area contributed by atoms with E-state index < -0.39 is 0 Å². The highest BCUT2D eigenvalue weighted by Gasteiger charge is 2.05. The Labute approximate surface area is 136 Å². The van der Waals surface area contributed by atoms with Gasteiger partial charge in [-0.05, 0) is 61.8 Å². The second kappa shape index (κ2) is 8.17. The molecule has 0 saturated carbocycles. The minimum atomic E-state index is 1.19. The predicted octanol–water partition coefficient (Wildman–Crippen LogP) is 6.66. The van der Waals surface area contributed by atoms with Gasteiger partial charge in [0.1, 0.15) is 0 Å². The largest absolute Gasteiger partial charge is 0.0654 e. The van der Waals surface area contributed by atoms with Crippen LogP contribution in [0.25, 0.3) is 11.1 Å². The first-order chi connectivity index (χ1) is 10.6. The summed E-state index contributed by atoms with van der Waals surface area (Å²) in [4.78, 5) is 0. The zero-order valence-corrected chi connectivity index (χ0v) is 14.7. The molecule has 0 spiro atoms. The Balaban J connectivity index is 2.33. The fourth-order valence-corrected chi connectivity index (χ4v) is 3.11. The SMILES string of the molecule is CCCCc1cc(C)cc(-c2cc(C)cc(CCCC)c2)c1. The molecule has 0 N–H and O–H groups in total. The van der Waals surface area contributed by atoms with Crippen molar-refractivity contribution in [3.05, 3.63) is 58.7 Å². The molecule has 2 aromatic carbocycles. The van der Waals surface area contributed by atoms with Crippen LogP contribution in [0.5, 0.6) is 0 Å². The molecule has 0 nitrogen and oxygen atoms in total. The molecular formula is C22H30. The van der Waals surface area contributed by atoms with Crippen LogP contribution in [0.1, 0.15) is 61.8 Å². The van der Waals surface area contributed by atoms with Crippen molar-refractivity contribution in [2.75, 3.05) is 0 Å². The smallest absolute Gasteiger partial charge is 0.0178 e. The normalized spacial score (nSPS) is 10.9. The average molecular weight is 294 g/mol. The van der Waals surface area contributed by atoms with Crippen molar-refractivity contribution in [1.29, 1.82) is 0 Å². The number of hydrogen-bond acceptors (Lipinski definition) is 0. The Morgan fingerprint density at radius 3 is 1.36 bits per heavy atom. The van der Waals surface area contributed by atoms with E-state index in [9.17, 15) is 0 Å². The first-order valence-corrected chi connectivity index (χ1v) is 8.84. The molecule has 0 aromatic heterocycles. The highest BCUT2D eigenvalue weighted by Crippen LogP contribution is 2.26. The van der Waals surface area contributed by atoms with Crippen LogP contribution in [-0.2, 0) is 12.8 Å². The van der Waals surface area contributed by atoms with Crippen LogP contribution in [0.4, 0.5) is 0 Å². The van der Waals surface area contributed by atoms with E-state index in [1.165, 1.54) is 71.9 Å². The van der Waals surface area contributed by atoms with E-state index in [2.05, 4.69) is 64.1 Å². The van der Waals surface area contributed by atoms with Crippen molar-refractivity contribution in [1.82, 2.24) is 0 Å².